The molecule has 9 heteroatoms. The van der Waals surface area contributed by atoms with Gasteiger partial charge < -0.3 is 24.6 Å². The summed E-state index contributed by atoms with van der Waals surface area (Å²) in [5.74, 6) is 2.75. The molecule has 3 aliphatic rings. The summed E-state index contributed by atoms with van der Waals surface area (Å²) in [4.78, 5) is 7.21. The fraction of sp³-hybridized carbons (Fsp3) is 0.286. The van der Waals surface area contributed by atoms with Crippen molar-refractivity contribution in [2.45, 2.75) is 32.9 Å². The van der Waals surface area contributed by atoms with Gasteiger partial charge in [-0.15, -0.1) is 10.2 Å². The first-order valence-corrected chi connectivity index (χ1v) is 12.8. The van der Waals surface area contributed by atoms with Crippen molar-refractivity contribution in [3.8, 4) is 11.5 Å². The Morgan fingerprint density at radius 3 is 2.62 bits per heavy atom. The second-order valence-electron chi connectivity index (χ2n) is 9.48. The first-order chi connectivity index (χ1) is 18.0. The highest BCUT2D eigenvalue weighted by atomic mass is 32.1. The van der Waals surface area contributed by atoms with E-state index < -0.39 is 0 Å². The Hall–Kier alpha value is -3.98. The quantitative estimate of drug-likeness (QED) is 0.503. The first-order valence-electron chi connectivity index (χ1n) is 12.4. The van der Waals surface area contributed by atoms with Crippen molar-refractivity contribution in [2.75, 3.05) is 25.5 Å². The Balaban J connectivity index is 1.33. The first kappa shape index (κ1) is 23.4. The molecule has 0 unspecified atom stereocenters. The number of aromatic nitrogens is 3. The number of anilines is 1. The lowest BCUT2D eigenvalue weighted by atomic mass is 9.95. The number of thiocarbonyl (C=S) groups is 1. The van der Waals surface area contributed by atoms with Gasteiger partial charge in [-0.25, -0.2) is 0 Å². The molecule has 3 heterocycles. The number of aromatic hydroxyl groups is 1. The largest absolute Gasteiger partial charge is 0.507 e. The van der Waals surface area contributed by atoms with Crippen LogP contribution in [0.5, 0.6) is 11.5 Å². The summed E-state index contributed by atoms with van der Waals surface area (Å²) >= 11 is 5.82. The Kier molecular flexibility index (Phi) is 6.00. The fourth-order valence-electron chi connectivity index (χ4n) is 5.35. The zero-order valence-corrected chi connectivity index (χ0v) is 21.7. The molecule has 0 saturated heterocycles. The highest BCUT2D eigenvalue weighted by molar-refractivity contribution is 7.80. The predicted molar refractivity (Wildman–Crippen MR) is 147 cm³/mol. The van der Waals surface area contributed by atoms with E-state index in [1.54, 1.807) is 13.2 Å². The Labute approximate surface area is 221 Å². The Morgan fingerprint density at radius 2 is 1.84 bits per heavy atom. The van der Waals surface area contributed by atoms with Gasteiger partial charge in [0.2, 0.25) is 0 Å². The number of aryl methyl sites for hydroxylation is 1. The lowest BCUT2D eigenvalue weighted by Gasteiger charge is -2.32. The smallest absolute Gasteiger partial charge is 0.173 e. The molecule has 37 heavy (non-hydrogen) atoms. The van der Waals surface area contributed by atoms with Crippen LogP contribution in [0.2, 0.25) is 0 Å². The van der Waals surface area contributed by atoms with E-state index in [1.807, 2.05) is 49.4 Å². The van der Waals surface area contributed by atoms with Gasteiger partial charge in [0.1, 0.15) is 17.3 Å². The van der Waals surface area contributed by atoms with Gasteiger partial charge in [-0.3, -0.25) is 4.99 Å². The highest BCUT2D eigenvalue weighted by Gasteiger charge is 2.34. The SMILES string of the molecule is COc1ccc(NC(=S)N2CCC3=C(C2)C2=C(C3)C(c3ccccc3O)=NCc3nnc(C)n3C2)cc1. The third-order valence-corrected chi connectivity index (χ3v) is 7.72. The maximum absolute atomic E-state index is 10.7. The van der Waals surface area contributed by atoms with Crippen LogP contribution in [0.25, 0.3) is 0 Å². The minimum absolute atomic E-state index is 0.239. The van der Waals surface area contributed by atoms with Crippen molar-refractivity contribution in [1.82, 2.24) is 19.7 Å². The average molecular weight is 513 g/mol. The van der Waals surface area contributed by atoms with E-state index >= 15 is 0 Å². The fourth-order valence-corrected chi connectivity index (χ4v) is 5.62. The van der Waals surface area contributed by atoms with Crippen LogP contribution >= 0.6 is 12.2 Å². The van der Waals surface area contributed by atoms with E-state index in [2.05, 4.69) is 25.0 Å². The van der Waals surface area contributed by atoms with Crippen molar-refractivity contribution in [3.05, 3.63) is 88.0 Å². The van der Waals surface area contributed by atoms with Gasteiger partial charge in [-0.2, -0.15) is 0 Å². The number of nitrogens with zero attached hydrogens (tertiary/aromatic N) is 5. The van der Waals surface area contributed by atoms with Crippen LogP contribution in [-0.2, 0) is 13.1 Å². The van der Waals surface area contributed by atoms with Crippen molar-refractivity contribution in [3.63, 3.8) is 0 Å². The molecule has 3 aromatic rings. The lowest BCUT2D eigenvalue weighted by molar-refractivity contribution is 0.415. The number of fused-ring (bicyclic) bond motifs is 2. The summed E-state index contributed by atoms with van der Waals surface area (Å²) in [7, 11) is 1.66. The molecule has 2 N–H and O–H groups in total. The number of para-hydroxylation sites is 1. The number of phenolic OH excluding ortho intramolecular Hbond substituents is 1. The third-order valence-electron chi connectivity index (χ3n) is 7.36. The number of methoxy groups -OCH3 is 1. The average Bonchev–Trinajstić information content (AvgIpc) is 3.43. The maximum atomic E-state index is 10.7. The number of phenols is 1. The van der Waals surface area contributed by atoms with Crippen LogP contribution in [-0.4, -0.2) is 55.8 Å². The monoisotopic (exact) mass is 512 g/mol. The molecule has 6 rings (SSSR count). The maximum Gasteiger partial charge on any atom is 0.173 e. The number of nitrogens with one attached hydrogen (secondary N) is 1. The molecule has 0 amide bonds. The summed E-state index contributed by atoms with van der Waals surface area (Å²) in [6.07, 6.45) is 1.76. The highest BCUT2D eigenvalue weighted by Crippen LogP contribution is 2.41. The number of ether oxygens (including phenoxy) is 1. The predicted octanol–water partition coefficient (Wildman–Crippen LogP) is 4.40. The molecule has 8 nitrogen and oxygen atoms in total. The topological polar surface area (TPSA) is 87.8 Å². The van der Waals surface area contributed by atoms with E-state index in [0.717, 1.165) is 60.3 Å². The normalized spacial score (nSPS) is 16.9. The Bertz CT molecular complexity index is 1480. The van der Waals surface area contributed by atoms with Crippen LogP contribution in [0.1, 0.15) is 30.1 Å². The van der Waals surface area contributed by atoms with E-state index in [9.17, 15) is 5.11 Å². The van der Waals surface area contributed by atoms with Crippen LogP contribution in [0.4, 0.5) is 5.69 Å². The van der Waals surface area contributed by atoms with Crippen molar-refractivity contribution < 1.29 is 9.84 Å². The summed E-state index contributed by atoms with van der Waals surface area (Å²) in [6.45, 7) is 4.66. The van der Waals surface area contributed by atoms with E-state index in [-0.39, 0.29) is 5.75 Å². The molecule has 0 fully saturated rings. The number of hydrogen-bond donors (Lipinski definition) is 2. The number of allylic oxidation sites excluding steroid dienone is 1. The van der Waals surface area contributed by atoms with Crippen molar-refractivity contribution in [2.24, 2.45) is 4.99 Å². The molecule has 2 aromatic carbocycles. The summed E-state index contributed by atoms with van der Waals surface area (Å²) < 4.78 is 7.42. The van der Waals surface area contributed by atoms with Gasteiger partial charge in [0, 0.05) is 24.3 Å². The molecule has 188 valence electrons. The molecule has 2 aliphatic heterocycles. The van der Waals surface area contributed by atoms with E-state index in [1.165, 1.54) is 22.3 Å². The summed E-state index contributed by atoms with van der Waals surface area (Å²) in [5, 5.41) is 23.5. The van der Waals surface area contributed by atoms with Crippen LogP contribution in [0.3, 0.4) is 0 Å². The molecule has 0 saturated carbocycles. The number of rotatable bonds is 3. The second-order valence-corrected chi connectivity index (χ2v) is 9.86. The molecule has 1 aliphatic carbocycles. The molecule has 0 radical (unpaired) electrons. The molecule has 1 aromatic heterocycles. The van der Waals surface area contributed by atoms with Crippen molar-refractivity contribution in [1.29, 1.82) is 0 Å². The standard InChI is InChI=1S/C28H28N6O2S/c1-17-31-32-26-14-29-27(21-5-3-4-6-25(21)35)22-13-18-11-12-33(15-23(18)24(22)16-34(17)26)28(37)30-19-7-9-20(36-2)10-8-19/h3-10,35H,11-16H2,1-2H3,(H,30,37). The van der Waals surface area contributed by atoms with E-state index in [0.29, 0.717) is 18.2 Å². The van der Waals surface area contributed by atoms with Crippen molar-refractivity contribution >= 4 is 28.7 Å². The van der Waals surface area contributed by atoms with Gasteiger partial charge in [0.05, 0.1) is 25.9 Å². The van der Waals surface area contributed by atoms with E-state index in [4.69, 9.17) is 21.9 Å². The minimum Gasteiger partial charge on any atom is -0.507 e. The van der Waals surface area contributed by atoms with Crippen LogP contribution in [0.15, 0.2) is 75.8 Å². The Morgan fingerprint density at radius 1 is 1.03 bits per heavy atom. The zero-order valence-electron chi connectivity index (χ0n) is 20.9. The summed E-state index contributed by atoms with van der Waals surface area (Å²) in [5.41, 5.74) is 7.68. The van der Waals surface area contributed by atoms with Crippen LogP contribution in [0, 0.1) is 6.92 Å². The number of hydrogen-bond acceptors (Lipinski definition) is 6. The zero-order chi connectivity index (χ0) is 25.5. The molecular formula is C28H28N6O2S. The number of aliphatic imine (C=N–C) groups is 1. The molecule has 0 bridgehead atoms. The third kappa shape index (κ3) is 4.29. The second kappa shape index (κ2) is 9.48. The lowest BCUT2D eigenvalue weighted by Crippen LogP contribution is -2.39. The summed E-state index contributed by atoms with van der Waals surface area (Å²) in [6, 6.07) is 15.2. The molecule has 0 atom stereocenters. The van der Waals surface area contributed by atoms with Gasteiger partial charge in [-0.05, 0) is 85.1 Å². The van der Waals surface area contributed by atoms with Gasteiger partial charge >= 0.3 is 0 Å². The van der Waals surface area contributed by atoms with Gasteiger partial charge in [0.15, 0.2) is 10.9 Å². The van der Waals surface area contributed by atoms with Gasteiger partial charge in [0.25, 0.3) is 0 Å². The molecular weight excluding hydrogens is 484 g/mol. The van der Waals surface area contributed by atoms with Crippen LogP contribution < -0.4 is 10.1 Å². The van der Waals surface area contributed by atoms with Gasteiger partial charge in [-0.1, -0.05) is 17.7 Å². The molecule has 0 spiro atoms. The number of benzene rings is 2. The minimum atomic E-state index is 0.239.